The minimum Gasteiger partial charge on any atom is -0.456 e. The normalized spacial score (nSPS) is 10.9. The van der Waals surface area contributed by atoms with Gasteiger partial charge in [0, 0.05) is 12.8 Å². The van der Waals surface area contributed by atoms with Crippen LogP contribution in [0.3, 0.4) is 0 Å². The second-order valence-electron chi connectivity index (χ2n) is 4.30. The summed E-state index contributed by atoms with van der Waals surface area (Å²) in [6.45, 7) is 2.22. The van der Waals surface area contributed by atoms with Gasteiger partial charge in [0.2, 0.25) is 0 Å². The summed E-state index contributed by atoms with van der Waals surface area (Å²) in [6.07, 6.45) is 7.44. The number of terminal acetylenes is 1. The fourth-order valence-electron chi connectivity index (χ4n) is 1.82. The number of rotatable bonds is 7. The minimum atomic E-state index is -0.601. The maximum Gasteiger partial charge on any atom is 0.356 e. The lowest BCUT2D eigenvalue weighted by Crippen LogP contribution is -2.18. The Balaban J connectivity index is 2.55. The Morgan fingerprint density at radius 2 is 2.10 bits per heavy atom. The summed E-state index contributed by atoms with van der Waals surface area (Å²) in [5, 5.41) is 11.8. The van der Waals surface area contributed by atoms with E-state index in [-0.39, 0.29) is 12.3 Å². The van der Waals surface area contributed by atoms with Crippen LogP contribution in [0.15, 0.2) is 29.4 Å². The van der Waals surface area contributed by atoms with E-state index in [1.165, 1.54) is 0 Å². The molecule has 20 heavy (non-hydrogen) atoms. The number of hydrogen-bond acceptors (Lipinski definition) is 4. The maximum absolute atomic E-state index is 11.8. The van der Waals surface area contributed by atoms with Crippen molar-refractivity contribution in [3.8, 4) is 12.3 Å². The molecule has 0 bridgehead atoms. The molecule has 0 spiro atoms. The van der Waals surface area contributed by atoms with Gasteiger partial charge in [-0.1, -0.05) is 36.3 Å². The summed E-state index contributed by atoms with van der Waals surface area (Å²) >= 11 is 0. The van der Waals surface area contributed by atoms with E-state index in [0.29, 0.717) is 19.3 Å². The van der Waals surface area contributed by atoms with Crippen LogP contribution in [-0.4, -0.2) is 16.9 Å². The molecule has 0 saturated carbocycles. The zero-order valence-electron chi connectivity index (χ0n) is 11.6. The summed E-state index contributed by atoms with van der Waals surface area (Å²) in [4.78, 5) is 11.8. The van der Waals surface area contributed by atoms with Gasteiger partial charge in [-0.15, -0.1) is 12.3 Å². The predicted octanol–water partition coefficient (Wildman–Crippen LogP) is 2.93. The predicted molar refractivity (Wildman–Crippen MR) is 77.5 cm³/mol. The second kappa shape index (κ2) is 8.76. The summed E-state index contributed by atoms with van der Waals surface area (Å²) in [6, 6.07) is 7.76. The molecule has 1 rings (SSSR count). The van der Waals surface area contributed by atoms with Gasteiger partial charge >= 0.3 is 5.97 Å². The zero-order valence-corrected chi connectivity index (χ0v) is 11.6. The smallest absolute Gasteiger partial charge is 0.356 e. The quantitative estimate of drug-likeness (QED) is 0.207. The van der Waals surface area contributed by atoms with Gasteiger partial charge in [-0.05, 0) is 24.0 Å². The number of carbonyl (C=O) groups is 1. The number of aryl methyl sites for hydroxylation is 1. The Labute approximate surface area is 119 Å². The molecule has 0 saturated heterocycles. The molecule has 4 heteroatoms. The number of benzene rings is 1. The van der Waals surface area contributed by atoms with Gasteiger partial charge in [-0.3, -0.25) is 0 Å². The van der Waals surface area contributed by atoms with Crippen LogP contribution in [0.5, 0.6) is 0 Å². The number of esters is 1. The number of unbranched alkanes of at least 4 members (excludes halogenated alkanes) is 1. The fraction of sp³-hybridized carbons (Fsp3) is 0.375. The Kier molecular flexibility index (Phi) is 6.91. The van der Waals surface area contributed by atoms with E-state index in [4.69, 9.17) is 16.4 Å². The first-order valence-electron chi connectivity index (χ1n) is 6.61. The molecule has 1 N–H and O–H groups in total. The van der Waals surface area contributed by atoms with Crippen molar-refractivity contribution in [1.29, 1.82) is 0 Å². The average Bonchev–Trinajstić information content (AvgIpc) is 2.49. The van der Waals surface area contributed by atoms with Gasteiger partial charge in [0.25, 0.3) is 0 Å². The largest absolute Gasteiger partial charge is 0.456 e. The van der Waals surface area contributed by atoms with Gasteiger partial charge in [0.15, 0.2) is 5.71 Å². The van der Waals surface area contributed by atoms with Gasteiger partial charge in [0.05, 0.1) is 0 Å². The number of ether oxygens (including phenoxy) is 1. The lowest BCUT2D eigenvalue weighted by atomic mass is 10.1. The molecule has 0 amide bonds. The lowest BCUT2D eigenvalue weighted by Gasteiger charge is -2.09. The summed E-state index contributed by atoms with van der Waals surface area (Å²) in [5.41, 5.74) is 2.11. The topological polar surface area (TPSA) is 58.9 Å². The molecular weight excluding hydrogens is 254 g/mol. The molecule has 0 aliphatic heterocycles. The molecule has 106 valence electrons. The van der Waals surface area contributed by atoms with E-state index in [1.807, 2.05) is 31.2 Å². The number of carbonyl (C=O) groups excluding carboxylic acids is 1. The third-order valence-electron chi connectivity index (χ3n) is 2.95. The van der Waals surface area contributed by atoms with Gasteiger partial charge in [-0.2, -0.15) is 0 Å². The molecule has 0 radical (unpaired) electrons. The lowest BCUT2D eigenvalue weighted by molar-refractivity contribution is -0.137. The molecule has 0 atom stereocenters. The van der Waals surface area contributed by atoms with Crippen LogP contribution in [0.1, 0.15) is 37.3 Å². The summed E-state index contributed by atoms with van der Waals surface area (Å²) in [7, 11) is 0. The molecule has 1 aromatic rings. The molecule has 0 fully saturated rings. The molecular formula is C16H19NO3. The van der Waals surface area contributed by atoms with Crippen LogP contribution >= 0.6 is 0 Å². The molecule has 0 unspecified atom stereocenters. The van der Waals surface area contributed by atoms with Gasteiger partial charge in [-0.25, -0.2) is 4.79 Å². The monoisotopic (exact) mass is 273 g/mol. The second-order valence-corrected chi connectivity index (χ2v) is 4.30. The van der Waals surface area contributed by atoms with E-state index in [1.54, 1.807) is 0 Å². The van der Waals surface area contributed by atoms with Crippen molar-refractivity contribution in [2.75, 3.05) is 0 Å². The van der Waals surface area contributed by atoms with E-state index >= 15 is 0 Å². The van der Waals surface area contributed by atoms with Crippen LogP contribution in [0, 0.1) is 12.3 Å². The Hall–Kier alpha value is -2.28. The van der Waals surface area contributed by atoms with Crippen LogP contribution in [-0.2, 0) is 22.6 Å². The van der Waals surface area contributed by atoms with Crippen LogP contribution in [0.4, 0.5) is 0 Å². The van der Waals surface area contributed by atoms with Crippen molar-refractivity contribution in [2.24, 2.45) is 5.16 Å². The standard InChI is InChI=1S/C16H19NO3/c1-3-5-6-11-15(17-19)16(18)20-12-14-10-8-7-9-13(14)4-2/h1,7-10,19H,4-6,11-12H2,2H3. The highest BCUT2D eigenvalue weighted by Gasteiger charge is 2.14. The first-order valence-corrected chi connectivity index (χ1v) is 6.61. The van der Waals surface area contributed by atoms with Crippen molar-refractivity contribution in [3.63, 3.8) is 0 Å². The van der Waals surface area contributed by atoms with Crippen molar-refractivity contribution < 1.29 is 14.7 Å². The van der Waals surface area contributed by atoms with E-state index in [9.17, 15) is 4.79 Å². The fourth-order valence-corrected chi connectivity index (χ4v) is 1.82. The number of oxime groups is 1. The van der Waals surface area contributed by atoms with Crippen LogP contribution in [0.25, 0.3) is 0 Å². The number of hydrogen-bond donors (Lipinski definition) is 1. The Bertz CT molecular complexity index is 515. The van der Waals surface area contributed by atoms with Crippen LogP contribution in [0.2, 0.25) is 0 Å². The van der Waals surface area contributed by atoms with Crippen molar-refractivity contribution in [1.82, 2.24) is 0 Å². The zero-order chi connectivity index (χ0) is 14.8. The summed E-state index contributed by atoms with van der Waals surface area (Å²) < 4.78 is 5.17. The van der Waals surface area contributed by atoms with Crippen molar-refractivity contribution in [2.45, 2.75) is 39.2 Å². The molecule has 1 aromatic carbocycles. The molecule has 0 heterocycles. The Morgan fingerprint density at radius 3 is 2.70 bits per heavy atom. The number of nitrogens with zero attached hydrogens (tertiary/aromatic N) is 1. The van der Waals surface area contributed by atoms with Crippen LogP contribution < -0.4 is 0 Å². The molecule has 0 aliphatic carbocycles. The van der Waals surface area contributed by atoms with Crippen molar-refractivity contribution >= 4 is 11.7 Å². The molecule has 4 nitrogen and oxygen atoms in total. The first-order chi connectivity index (χ1) is 9.72. The third kappa shape index (κ3) is 4.77. The Morgan fingerprint density at radius 1 is 1.40 bits per heavy atom. The SMILES string of the molecule is C#CCCCC(=NO)C(=O)OCc1ccccc1CC. The highest BCUT2D eigenvalue weighted by atomic mass is 16.5. The van der Waals surface area contributed by atoms with Gasteiger partial charge in [0.1, 0.15) is 6.61 Å². The average molecular weight is 273 g/mol. The third-order valence-corrected chi connectivity index (χ3v) is 2.95. The maximum atomic E-state index is 11.8. The highest BCUT2D eigenvalue weighted by molar-refractivity contribution is 6.36. The minimum absolute atomic E-state index is 0.00855. The van der Waals surface area contributed by atoms with E-state index in [2.05, 4.69) is 11.1 Å². The molecule has 0 aromatic heterocycles. The first kappa shape index (κ1) is 15.8. The van der Waals surface area contributed by atoms with Gasteiger partial charge < -0.3 is 9.94 Å². The summed E-state index contributed by atoms with van der Waals surface area (Å²) in [5.74, 6) is 1.87. The molecule has 0 aliphatic rings. The van der Waals surface area contributed by atoms with E-state index in [0.717, 1.165) is 17.5 Å². The highest BCUT2D eigenvalue weighted by Crippen LogP contribution is 2.11. The van der Waals surface area contributed by atoms with E-state index < -0.39 is 5.97 Å². The van der Waals surface area contributed by atoms with Crippen molar-refractivity contribution in [3.05, 3.63) is 35.4 Å².